The number of hydrogen-bond donors (Lipinski definition) is 0. The lowest BCUT2D eigenvalue weighted by Gasteiger charge is -2.42. The number of hydrogen-bond acceptors (Lipinski definition) is 1. The van der Waals surface area contributed by atoms with Gasteiger partial charge in [0.05, 0.1) is 11.0 Å². The molecule has 3 heteroatoms. The summed E-state index contributed by atoms with van der Waals surface area (Å²) >= 11 is 0. The smallest absolute Gasteiger partial charge is 0.248 e. The van der Waals surface area contributed by atoms with Gasteiger partial charge in [-0.2, -0.15) is 0 Å². The van der Waals surface area contributed by atoms with Gasteiger partial charge in [0, 0.05) is 11.1 Å². The molecule has 0 fully saturated rings. The van der Waals surface area contributed by atoms with Crippen molar-refractivity contribution in [1.82, 2.24) is 9.55 Å². The Bertz CT molecular complexity index is 1680. The second-order valence-corrected chi connectivity index (χ2v) is 11.7. The molecule has 34 heavy (non-hydrogen) atoms. The van der Waals surface area contributed by atoms with E-state index in [-0.39, 0.29) is 17.5 Å². The third-order valence-electron chi connectivity index (χ3n) is 8.34. The summed E-state index contributed by atoms with van der Waals surface area (Å²) < 4.78 is 2.42. The van der Waals surface area contributed by atoms with Crippen molar-refractivity contribution in [2.75, 3.05) is 0 Å². The lowest BCUT2D eigenvalue weighted by atomic mass is 9.30. The van der Waals surface area contributed by atoms with E-state index < -0.39 is 0 Å². The summed E-state index contributed by atoms with van der Waals surface area (Å²) in [4.78, 5) is 5.09. The molecular weight excluding hydrogens is 411 g/mol. The van der Waals surface area contributed by atoms with Crippen LogP contribution in [0, 0.1) is 6.92 Å². The number of fused-ring (bicyclic) bond motifs is 6. The largest absolute Gasteiger partial charge is 0.298 e. The topological polar surface area (TPSA) is 17.8 Å². The normalized spacial score (nSPS) is 15.5. The zero-order chi connectivity index (χ0) is 23.6. The standard InChI is InChI=1S/C31H29BN2/c1-18-33-25-17-20(30(2,3)4)16-24-29(25)34(18)26-13-9-12-22-28(26)32(24)27-21-11-8-7-10-19(21)14-15-23(27)31(22,5)6/h7-17H,1-6H3. The summed E-state index contributed by atoms with van der Waals surface area (Å²) in [7, 11) is 0. The average Bonchev–Trinajstić information content (AvgIpc) is 3.14. The summed E-state index contributed by atoms with van der Waals surface area (Å²) in [6.07, 6.45) is 0. The first-order chi connectivity index (χ1) is 16.2. The molecule has 5 aromatic rings. The minimum Gasteiger partial charge on any atom is -0.298 e. The molecule has 3 heterocycles. The van der Waals surface area contributed by atoms with Crippen molar-refractivity contribution < 1.29 is 0 Å². The monoisotopic (exact) mass is 440 g/mol. The van der Waals surface area contributed by atoms with E-state index in [4.69, 9.17) is 4.98 Å². The van der Waals surface area contributed by atoms with Gasteiger partial charge in [0.1, 0.15) is 5.82 Å². The Hall–Kier alpha value is -3.33. The van der Waals surface area contributed by atoms with Crippen LogP contribution in [0.15, 0.2) is 66.7 Å². The molecule has 1 aromatic heterocycles. The molecule has 2 nitrogen and oxygen atoms in total. The molecule has 0 bridgehead atoms. The molecule has 7 rings (SSSR count). The van der Waals surface area contributed by atoms with Crippen LogP contribution in [0.4, 0.5) is 0 Å². The summed E-state index contributed by atoms with van der Waals surface area (Å²) in [5, 5.41) is 2.69. The molecule has 0 atom stereocenters. The van der Waals surface area contributed by atoms with Crippen molar-refractivity contribution in [2.24, 2.45) is 0 Å². The van der Waals surface area contributed by atoms with Crippen LogP contribution in [0.2, 0.25) is 0 Å². The van der Waals surface area contributed by atoms with Crippen molar-refractivity contribution in [2.45, 2.75) is 52.4 Å². The predicted molar refractivity (Wildman–Crippen MR) is 145 cm³/mol. The van der Waals surface area contributed by atoms with E-state index in [0.717, 1.165) is 11.3 Å². The zero-order valence-corrected chi connectivity index (χ0v) is 20.8. The molecule has 0 saturated carbocycles. The van der Waals surface area contributed by atoms with Crippen molar-refractivity contribution in [3.8, 4) is 5.69 Å². The van der Waals surface area contributed by atoms with Crippen molar-refractivity contribution in [1.29, 1.82) is 0 Å². The van der Waals surface area contributed by atoms with Crippen LogP contribution in [0.3, 0.4) is 0 Å². The predicted octanol–water partition coefficient (Wildman–Crippen LogP) is 5.25. The van der Waals surface area contributed by atoms with Crippen LogP contribution in [-0.2, 0) is 10.8 Å². The number of aromatic nitrogens is 2. The molecule has 4 aromatic carbocycles. The number of nitrogens with zero attached hydrogens (tertiary/aromatic N) is 2. The molecule has 0 saturated heterocycles. The highest BCUT2D eigenvalue weighted by molar-refractivity contribution is 7.00. The molecule has 2 aliphatic heterocycles. The van der Waals surface area contributed by atoms with E-state index in [2.05, 4.69) is 113 Å². The van der Waals surface area contributed by atoms with Gasteiger partial charge >= 0.3 is 0 Å². The van der Waals surface area contributed by atoms with Gasteiger partial charge in [-0.3, -0.25) is 4.57 Å². The first kappa shape index (κ1) is 20.1. The van der Waals surface area contributed by atoms with E-state index >= 15 is 0 Å². The summed E-state index contributed by atoms with van der Waals surface area (Å²) in [6, 6.07) is 25.3. The van der Waals surface area contributed by atoms with E-state index in [9.17, 15) is 0 Å². The molecule has 0 spiro atoms. The van der Waals surface area contributed by atoms with Gasteiger partial charge in [-0.15, -0.1) is 0 Å². The first-order valence-corrected chi connectivity index (χ1v) is 12.4. The highest BCUT2D eigenvalue weighted by atomic mass is 15.1. The van der Waals surface area contributed by atoms with Crippen LogP contribution in [-0.4, -0.2) is 16.3 Å². The summed E-state index contributed by atoms with van der Waals surface area (Å²) in [6.45, 7) is 14.1. The molecular formula is C31H29BN2. The lowest BCUT2D eigenvalue weighted by molar-refractivity contribution is 0.591. The molecule has 0 N–H and O–H groups in total. The van der Waals surface area contributed by atoms with Crippen LogP contribution in [0.5, 0.6) is 0 Å². The highest BCUT2D eigenvalue weighted by Crippen LogP contribution is 2.39. The van der Waals surface area contributed by atoms with Crippen molar-refractivity contribution in [3.05, 3.63) is 89.2 Å². The van der Waals surface area contributed by atoms with Gasteiger partial charge in [-0.05, 0) is 62.9 Å². The van der Waals surface area contributed by atoms with Crippen molar-refractivity contribution >= 4 is 44.9 Å². The quantitative estimate of drug-likeness (QED) is 0.295. The van der Waals surface area contributed by atoms with Gasteiger partial charge in [0.15, 0.2) is 0 Å². The maximum absolute atomic E-state index is 5.09. The summed E-state index contributed by atoms with van der Waals surface area (Å²) in [5.41, 5.74) is 12.2. The molecule has 0 unspecified atom stereocenters. The van der Waals surface area contributed by atoms with E-state index in [1.54, 1.807) is 0 Å². The number of imidazole rings is 1. The van der Waals surface area contributed by atoms with Gasteiger partial charge in [0.25, 0.3) is 0 Å². The Kier molecular flexibility index (Phi) is 3.67. The lowest BCUT2D eigenvalue weighted by Crippen LogP contribution is -2.63. The zero-order valence-electron chi connectivity index (χ0n) is 20.8. The Labute approximate surface area is 201 Å². The molecule has 0 aliphatic carbocycles. The van der Waals surface area contributed by atoms with Crippen LogP contribution < -0.4 is 16.4 Å². The van der Waals surface area contributed by atoms with Crippen LogP contribution in [0.25, 0.3) is 27.5 Å². The Balaban J connectivity index is 1.73. The highest BCUT2D eigenvalue weighted by Gasteiger charge is 2.45. The molecule has 0 radical (unpaired) electrons. The van der Waals surface area contributed by atoms with Gasteiger partial charge in [0.2, 0.25) is 6.71 Å². The Morgan fingerprint density at radius 2 is 1.62 bits per heavy atom. The second-order valence-electron chi connectivity index (χ2n) is 11.7. The molecule has 2 aliphatic rings. The van der Waals surface area contributed by atoms with Gasteiger partial charge < -0.3 is 0 Å². The first-order valence-electron chi connectivity index (χ1n) is 12.4. The maximum atomic E-state index is 5.09. The van der Waals surface area contributed by atoms with E-state index in [1.807, 2.05) is 0 Å². The van der Waals surface area contributed by atoms with E-state index in [0.29, 0.717) is 0 Å². The number of aryl methyl sites for hydroxylation is 1. The second kappa shape index (κ2) is 6.21. The fourth-order valence-corrected chi connectivity index (χ4v) is 6.65. The Morgan fingerprint density at radius 1 is 0.853 bits per heavy atom. The van der Waals surface area contributed by atoms with Crippen LogP contribution >= 0.6 is 0 Å². The third-order valence-corrected chi connectivity index (χ3v) is 8.34. The number of benzene rings is 4. The molecule has 0 amide bonds. The van der Waals surface area contributed by atoms with Crippen molar-refractivity contribution in [3.63, 3.8) is 0 Å². The fraction of sp³-hybridized carbons (Fsp3) is 0.258. The minimum atomic E-state index is -0.0754. The Morgan fingerprint density at radius 3 is 2.41 bits per heavy atom. The average molecular weight is 440 g/mol. The van der Waals surface area contributed by atoms with E-state index in [1.165, 1.54) is 55.1 Å². The van der Waals surface area contributed by atoms with Gasteiger partial charge in [-0.1, -0.05) is 94.7 Å². The molecule has 166 valence electrons. The van der Waals surface area contributed by atoms with Gasteiger partial charge in [-0.25, -0.2) is 4.98 Å². The SMILES string of the molecule is Cc1nc2cc(C(C)(C)C)cc3c2n1-c1cccc2c1B3c1c(ccc3ccccc13)C2(C)C. The third kappa shape index (κ3) is 2.35. The fourth-order valence-electron chi connectivity index (χ4n) is 6.65. The maximum Gasteiger partial charge on any atom is 0.248 e. The minimum absolute atomic E-state index is 0.0533. The number of rotatable bonds is 0. The van der Waals surface area contributed by atoms with Crippen LogP contribution in [0.1, 0.15) is 57.1 Å². The summed E-state index contributed by atoms with van der Waals surface area (Å²) in [5.74, 6) is 1.07.